The van der Waals surface area contributed by atoms with Crippen molar-refractivity contribution in [3.8, 4) is 5.75 Å². The summed E-state index contributed by atoms with van der Waals surface area (Å²) in [5, 5.41) is 21.2. The first-order valence-electron chi connectivity index (χ1n) is 9.21. The van der Waals surface area contributed by atoms with E-state index >= 15 is 0 Å². The molecule has 1 atom stereocenters. The zero-order valence-electron chi connectivity index (χ0n) is 15.7. The standard InChI is InChI=1S/C22H21BFNO4/c24-21-14-19(11-12-20(21)23(27)28)29-15-18(13-16-7-3-1-4-8-16)25-22(26)17-9-5-2-6-10-17/h1-12,14,18,27-28H,13,15H2,(H,25,26)/t18-/m1/s1. The Labute approximate surface area is 168 Å². The second-order valence-electron chi connectivity index (χ2n) is 6.59. The van der Waals surface area contributed by atoms with Crippen molar-refractivity contribution in [3.05, 3.63) is 95.8 Å². The van der Waals surface area contributed by atoms with Gasteiger partial charge >= 0.3 is 7.12 Å². The Hall–Kier alpha value is -3.16. The van der Waals surface area contributed by atoms with Crippen LogP contribution in [0.15, 0.2) is 78.9 Å². The van der Waals surface area contributed by atoms with E-state index in [1.807, 2.05) is 36.4 Å². The van der Waals surface area contributed by atoms with Crippen LogP contribution in [-0.4, -0.2) is 35.7 Å². The van der Waals surface area contributed by atoms with Gasteiger partial charge < -0.3 is 20.1 Å². The normalized spacial score (nSPS) is 11.6. The Morgan fingerprint density at radius 3 is 2.28 bits per heavy atom. The molecule has 0 aliphatic carbocycles. The molecule has 148 valence electrons. The van der Waals surface area contributed by atoms with E-state index in [0.29, 0.717) is 12.0 Å². The Morgan fingerprint density at radius 2 is 1.66 bits per heavy atom. The van der Waals surface area contributed by atoms with Crippen LogP contribution in [0, 0.1) is 5.82 Å². The minimum Gasteiger partial charge on any atom is -0.491 e. The van der Waals surface area contributed by atoms with Gasteiger partial charge in [0, 0.05) is 17.1 Å². The number of hydrogen-bond acceptors (Lipinski definition) is 4. The van der Waals surface area contributed by atoms with Gasteiger partial charge in [-0.25, -0.2) is 4.39 Å². The zero-order valence-corrected chi connectivity index (χ0v) is 15.7. The summed E-state index contributed by atoms with van der Waals surface area (Å²) in [5.41, 5.74) is 1.34. The van der Waals surface area contributed by atoms with Gasteiger partial charge in [-0.3, -0.25) is 4.79 Å². The fourth-order valence-electron chi connectivity index (χ4n) is 2.91. The first-order chi connectivity index (χ1) is 14.0. The fraction of sp³-hybridized carbons (Fsp3) is 0.136. The van der Waals surface area contributed by atoms with Gasteiger partial charge in [0.1, 0.15) is 18.2 Å². The smallest absolute Gasteiger partial charge is 0.491 e. The Kier molecular flexibility index (Phi) is 7.00. The van der Waals surface area contributed by atoms with E-state index in [1.54, 1.807) is 24.3 Å². The van der Waals surface area contributed by atoms with Gasteiger partial charge in [-0.1, -0.05) is 54.6 Å². The number of hydrogen-bond donors (Lipinski definition) is 3. The maximum Gasteiger partial charge on any atom is 0.491 e. The number of carbonyl (C=O) groups excluding carboxylic acids is 1. The lowest BCUT2D eigenvalue weighted by Crippen LogP contribution is -2.40. The average Bonchev–Trinajstić information content (AvgIpc) is 2.73. The zero-order chi connectivity index (χ0) is 20.6. The second-order valence-corrected chi connectivity index (χ2v) is 6.59. The molecular formula is C22H21BFNO4. The third-order valence-corrected chi connectivity index (χ3v) is 4.40. The minimum atomic E-state index is -1.89. The van der Waals surface area contributed by atoms with Crippen molar-refractivity contribution in [1.82, 2.24) is 5.32 Å². The average molecular weight is 393 g/mol. The highest BCUT2D eigenvalue weighted by Gasteiger charge is 2.18. The molecule has 3 aromatic carbocycles. The predicted octanol–water partition coefficient (Wildman–Crippen LogP) is 1.93. The van der Waals surface area contributed by atoms with Crippen LogP contribution < -0.4 is 15.5 Å². The molecule has 0 saturated carbocycles. The number of nitrogens with one attached hydrogen (secondary N) is 1. The lowest BCUT2D eigenvalue weighted by molar-refractivity contribution is 0.0921. The third-order valence-electron chi connectivity index (χ3n) is 4.40. The van der Waals surface area contributed by atoms with E-state index < -0.39 is 12.9 Å². The van der Waals surface area contributed by atoms with Crippen molar-refractivity contribution in [1.29, 1.82) is 0 Å². The molecule has 0 aromatic heterocycles. The van der Waals surface area contributed by atoms with Crippen molar-refractivity contribution >= 4 is 18.5 Å². The molecule has 0 aliphatic heterocycles. The Balaban J connectivity index is 1.71. The molecule has 3 rings (SSSR count). The van der Waals surface area contributed by atoms with E-state index in [1.165, 1.54) is 12.1 Å². The molecule has 0 aliphatic rings. The van der Waals surface area contributed by atoms with Crippen molar-refractivity contribution in [3.63, 3.8) is 0 Å². The lowest BCUT2D eigenvalue weighted by Gasteiger charge is -2.20. The quantitative estimate of drug-likeness (QED) is 0.511. The summed E-state index contributed by atoms with van der Waals surface area (Å²) in [6, 6.07) is 22.0. The topological polar surface area (TPSA) is 78.8 Å². The summed E-state index contributed by atoms with van der Waals surface area (Å²) in [7, 11) is -1.89. The number of amides is 1. The fourth-order valence-corrected chi connectivity index (χ4v) is 2.91. The number of ether oxygens (including phenoxy) is 1. The molecule has 0 spiro atoms. The Bertz CT molecular complexity index is 938. The number of rotatable bonds is 8. The molecule has 0 fully saturated rings. The van der Waals surface area contributed by atoms with Crippen molar-refractivity contribution in [2.45, 2.75) is 12.5 Å². The number of halogens is 1. The molecule has 0 bridgehead atoms. The summed E-state index contributed by atoms with van der Waals surface area (Å²) >= 11 is 0. The predicted molar refractivity (Wildman–Crippen MR) is 110 cm³/mol. The highest BCUT2D eigenvalue weighted by molar-refractivity contribution is 6.58. The van der Waals surface area contributed by atoms with Gasteiger partial charge in [0.05, 0.1) is 6.04 Å². The van der Waals surface area contributed by atoms with Crippen LogP contribution in [0.1, 0.15) is 15.9 Å². The van der Waals surface area contributed by atoms with E-state index in [-0.39, 0.29) is 29.8 Å². The minimum absolute atomic E-state index is 0.119. The summed E-state index contributed by atoms with van der Waals surface area (Å²) in [6.07, 6.45) is 0.537. The lowest BCUT2D eigenvalue weighted by atomic mass is 9.80. The first-order valence-corrected chi connectivity index (χ1v) is 9.21. The van der Waals surface area contributed by atoms with Crippen LogP contribution in [-0.2, 0) is 6.42 Å². The molecule has 0 radical (unpaired) electrons. The van der Waals surface area contributed by atoms with Crippen molar-refractivity contribution < 1.29 is 24.0 Å². The van der Waals surface area contributed by atoms with Gasteiger partial charge in [0.15, 0.2) is 0 Å². The monoisotopic (exact) mass is 393 g/mol. The van der Waals surface area contributed by atoms with Crippen molar-refractivity contribution in [2.24, 2.45) is 0 Å². The van der Waals surface area contributed by atoms with E-state index in [2.05, 4.69) is 5.32 Å². The van der Waals surface area contributed by atoms with Gasteiger partial charge in [-0.05, 0) is 30.2 Å². The molecule has 7 heteroatoms. The van der Waals surface area contributed by atoms with Crippen LogP contribution in [0.4, 0.5) is 4.39 Å². The van der Waals surface area contributed by atoms with Crippen LogP contribution in [0.2, 0.25) is 0 Å². The Morgan fingerprint density at radius 1 is 1.00 bits per heavy atom. The molecule has 0 heterocycles. The molecule has 0 saturated heterocycles. The second kappa shape index (κ2) is 9.86. The van der Waals surface area contributed by atoms with Gasteiger partial charge in [-0.2, -0.15) is 0 Å². The molecule has 3 aromatic rings. The SMILES string of the molecule is O=C(N[C@@H](COc1ccc(B(O)O)c(F)c1)Cc1ccccc1)c1ccccc1. The third kappa shape index (κ3) is 5.91. The summed E-state index contributed by atoms with van der Waals surface area (Å²) < 4.78 is 19.6. The van der Waals surface area contributed by atoms with Crippen LogP contribution >= 0.6 is 0 Å². The van der Waals surface area contributed by atoms with Gasteiger partial charge in [-0.15, -0.1) is 0 Å². The molecule has 0 unspecified atom stereocenters. The molecule has 3 N–H and O–H groups in total. The molecule has 5 nitrogen and oxygen atoms in total. The largest absolute Gasteiger partial charge is 0.491 e. The molecule has 29 heavy (non-hydrogen) atoms. The molecular weight excluding hydrogens is 372 g/mol. The maximum absolute atomic E-state index is 13.9. The van der Waals surface area contributed by atoms with Gasteiger partial charge in [0.2, 0.25) is 0 Å². The van der Waals surface area contributed by atoms with E-state index in [9.17, 15) is 9.18 Å². The summed E-state index contributed by atoms with van der Waals surface area (Å²) in [5.74, 6) is -0.760. The maximum atomic E-state index is 13.9. The van der Waals surface area contributed by atoms with E-state index in [4.69, 9.17) is 14.8 Å². The highest BCUT2D eigenvalue weighted by Crippen LogP contribution is 2.13. The first kappa shape index (κ1) is 20.6. The van der Waals surface area contributed by atoms with Crippen LogP contribution in [0.25, 0.3) is 0 Å². The van der Waals surface area contributed by atoms with Crippen LogP contribution in [0.3, 0.4) is 0 Å². The molecule has 1 amide bonds. The highest BCUT2D eigenvalue weighted by atomic mass is 19.1. The van der Waals surface area contributed by atoms with E-state index in [0.717, 1.165) is 11.6 Å². The van der Waals surface area contributed by atoms with Crippen molar-refractivity contribution in [2.75, 3.05) is 6.61 Å². The van der Waals surface area contributed by atoms with Crippen LogP contribution in [0.5, 0.6) is 5.75 Å². The van der Waals surface area contributed by atoms with Gasteiger partial charge in [0.25, 0.3) is 5.91 Å². The number of benzene rings is 3. The summed E-state index contributed by atoms with van der Waals surface area (Å²) in [6.45, 7) is 0.119. The number of carbonyl (C=O) groups is 1. The summed E-state index contributed by atoms with van der Waals surface area (Å²) in [4.78, 5) is 12.5.